The van der Waals surface area contributed by atoms with Gasteiger partial charge in [-0.25, -0.2) is 15.0 Å². The molecule has 0 radical (unpaired) electrons. The number of aliphatic imine (C=N–C) groups is 1. The molecular weight excluding hydrogens is 452 g/mol. The summed E-state index contributed by atoms with van der Waals surface area (Å²) in [7, 11) is 0. The lowest BCUT2D eigenvalue weighted by Gasteiger charge is -2.08. The topological polar surface area (TPSA) is 178 Å². The fourth-order valence-corrected chi connectivity index (χ4v) is 4.15. The maximum atomic E-state index is 12.3. The van der Waals surface area contributed by atoms with Crippen LogP contribution in [0.3, 0.4) is 0 Å². The molecule has 8 N–H and O–H groups in total. The van der Waals surface area contributed by atoms with Crippen LogP contribution in [0.5, 0.6) is 0 Å². The maximum absolute atomic E-state index is 12.3. The second-order valence-electron chi connectivity index (χ2n) is 7.76. The lowest BCUT2D eigenvalue weighted by molar-refractivity contribution is 0.0972. The third kappa shape index (κ3) is 6.96. The normalized spacial score (nSPS) is 11.5. The molecule has 0 atom stereocenters. The number of thiazole rings is 1. The first kappa shape index (κ1) is 25.1. The Hall–Kier alpha value is -3.57. The van der Waals surface area contributed by atoms with E-state index in [4.69, 9.17) is 22.3 Å². The van der Waals surface area contributed by atoms with Crippen molar-refractivity contribution in [3.63, 3.8) is 0 Å². The predicted molar refractivity (Wildman–Crippen MR) is 135 cm³/mol. The Morgan fingerprint density at radius 2 is 1.85 bits per heavy atom. The molecule has 11 heteroatoms. The van der Waals surface area contributed by atoms with E-state index in [-0.39, 0.29) is 29.9 Å². The predicted octanol–water partition coefficient (Wildman–Crippen LogP) is 2.07. The number of rotatable bonds is 10. The zero-order valence-electron chi connectivity index (χ0n) is 19.1. The van der Waals surface area contributed by atoms with Gasteiger partial charge in [-0.1, -0.05) is 24.3 Å². The number of hydrogen-bond donors (Lipinski definition) is 5. The van der Waals surface area contributed by atoms with Gasteiger partial charge in [-0.3, -0.25) is 15.1 Å². The SMILES string of the molecule is Cc1nc(C(=O)NC(N)=NCCCCc2ccc(-c3ncc(CCCO)s3)cc2)c(N)nc1N. The van der Waals surface area contributed by atoms with E-state index in [9.17, 15) is 4.79 Å². The van der Waals surface area contributed by atoms with Gasteiger partial charge in [0.25, 0.3) is 5.91 Å². The summed E-state index contributed by atoms with van der Waals surface area (Å²) in [6.45, 7) is 2.32. The number of nitrogens with zero attached hydrogens (tertiary/aromatic N) is 4. The van der Waals surface area contributed by atoms with E-state index in [2.05, 4.69) is 49.5 Å². The van der Waals surface area contributed by atoms with Gasteiger partial charge in [0, 0.05) is 29.8 Å². The van der Waals surface area contributed by atoms with Crippen molar-refractivity contribution in [2.45, 2.75) is 39.0 Å². The van der Waals surface area contributed by atoms with Gasteiger partial charge in [-0.15, -0.1) is 11.3 Å². The highest BCUT2D eigenvalue weighted by molar-refractivity contribution is 7.15. The van der Waals surface area contributed by atoms with E-state index in [1.54, 1.807) is 18.3 Å². The number of hydrogen-bond acceptors (Lipinski definition) is 9. The number of nitrogens with one attached hydrogen (secondary N) is 1. The third-order valence-corrected chi connectivity index (χ3v) is 6.19. The Morgan fingerprint density at radius 1 is 1.09 bits per heavy atom. The van der Waals surface area contributed by atoms with Gasteiger partial charge in [0.15, 0.2) is 17.5 Å². The molecule has 10 nitrogen and oxygen atoms in total. The largest absolute Gasteiger partial charge is 0.396 e. The smallest absolute Gasteiger partial charge is 0.280 e. The molecule has 0 spiro atoms. The molecule has 2 heterocycles. The van der Waals surface area contributed by atoms with Gasteiger partial charge in [-0.05, 0) is 44.6 Å². The summed E-state index contributed by atoms with van der Waals surface area (Å²) in [6.07, 6.45) is 6.17. The summed E-state index contributed by atoms with van der Waals surface area (Å²) in [5, 5.41) is 12.4. The number of carbonyl (C=O) groups is 1. The van der Waals surface area contributed by atoms with Crippen LogP contribution < -0.4 is 22.5 Å². The summed E-state index contributed by atoms with van der Waals surface area (Å²) in [5.41, 5.74) is 19.9. The van der Waals surface area contributed by atoms with E-state index < -0.39 is 5.91 Å². The van der Waals surface area contributed by atoms with Crippen molar-refractivity contribution in [3.05, 3.63) is 52.3 Å². The Morgan fingerprint density at radius 3 is 2.59 bits per heavy atom. The van der Waals surface area contributed by atoms with Crippen molar-refractivity contribution >= 4 is 34.8 Å². The van der Waals surface area contributed by atoms with Crippen LogP contribution in [0.15, 0.2) is 35.5 Å². The molecule has 0 saturated carbocycles. The van der Waals surface area contributed by atoms with Gasteiger partial charge >= 0.3 is 0 Å². The number of carbonyl (C=O) groups excluding carboxylic acids is 1. The minimum atomic E-state index is -0.574. The van der Waals surface area contributed by atoms with Gasteiger partial charge in [-0.2, -0.15) is 0 Å². The number of aryl methyl sites for hydroxylation is 3. The summed E-state index contributed by atoms with van der Waals surface area (Å²) in [4.78, 5) is 30.1. The first-order valence-electron chi connectivity index (χ1n) is 11.0. The van der Waals surface area contributed by atoms with Gasteiger partial charge in [0.2, 0.25) is 0 Å². The van der Waals surface area contributed by atoms with Gasteiger partial charge in [0.05, 0.1) is 5.69 Å². The number of guanidine groups is 1. The summed E-state index contributed by atoms with van der Waals surface area (Å²) in [6, 6.07) is 8.40. The number of nitrogens with two attached hydrogens (primary N) is 3. The average molecular weight is 483 g/mol. The maximum Gasteiger partial charge on any atom is 0.280 e. The van der Waals surface area contributed by atoms with Crippen molar-refractivity contribution in [3.8, 4) is 10.6 Å². The Bertz CT molecular complexity index is 1140. The van der Waals surface area contributed by atoms with Gasteiger partial charge in [0.1, 0.15) is 10.8 Å². The molecular formula is C23H30N8O2S. The first-order chi connectivity index (χ1) is 16.4. The zero-order chi connectivity index (χ0) is 24.5. The van der Waals surface area contributed by atoms with Crippen LogP contribution in [0.1, 0.15) is 45.9 Å². The second-order valence-corrected chi connectivity index (χ2v) is 8.88. The molecule has 180 valence electrons. The molecule has 1 amide bonds. The van der Waals surface area contributed by atoms with Crippen molar-refractivity contribution in [2.75, 3.05) is 24.6 Å². The Labute approximate surface area is 202 Å². The van der Waals surface area contributed by atoms with Crippen LogP contribution in [0, 0.1) is 6.92 Å². The number of aromatic nitrogens is 3. The molecule has 0 aliphatic heterocycles. The zero-order valence-corrected chi connectivity index (χ0v) is 19.9. The molecule has 3 aromatic rings. The second kappa shape index (κ2) is 12.1. The van der Waals surface area contributed by atoms with Crippen LogP contribution in [0.4, 0.5) is 11.6 Å². The number of benzene rings is 1. The molecule has 1 aromatic carbocycles. The highest BCUT2D eigenvalue weighted by atomic mass is 32.1. The highest BCUT2D eigenvalue weighted by Gasteiger charge is 2.15. The van der Waals surface area contributed by atoms with Crippen molar-refractivity contribution < 1.29 is 9.90 Å². The fourth-order valence-electron chi connectivity index (χ4n) is 3.19. The van der Waals surface area contributed by atoms with Crippen molar-refractivity contribution in [1.82, 2.24) is 20.3 Å². The van der Waals surface area contributed by atoms with E-state index in [0.29, 0.717) is 12.2 Å². The number of unbranched alkanes of at least 4 members (excludes halogenated alkanes) is 1. The number of nitrogen functional groups attached to an aromatic ring is 2. The quantitative estimate of drug-likeness (QED) is 0.165. The molecule has 34 heavy (non-hydrogen) atoms. The molecule has 0 aliphatic rings. The average Bonchev–Trinajstić information content (AvgIpc) is 3.29. The van der Waals surface area contributed by atoms with Crippen molar-refractivity contribution in [1.29, 1.82) is 0 Å². The van der Waals surface area contributed by atoms with E-state index in [0.717, 1.165) is 42.7 Å². The summed E-state index contributed by atoms with van der Waals surface area (Å²) >= 11 is 1.66. The number of aliphatic hydroxyl groups excluding tert-OH is 1. The van der Waals surface area contributed by atoms with Crippen LogP contribution in [-0.2, 0) is 12.8 Å². The molecule has 0 bridgehead atoms. The molecule has 0 unspecified atom stereocenters. The lowest BCUT2D eigenvalue weighted by Crippen LogP contribution is -2.38. The van der Waals surface area contributed by atoms with E-state index in [1.807, 2.05) is 6.20 Å². The minimum Gasteiger partial charge on any atom is -0.396 e. The van der Waals surface area contributed by atoms with E-state index in [1.165, 1.54) is 10.4 Å². The van der Waals surface area contributed by atoms with E-state index >= 15 is 0 Å². The minimum absolute atomic E-state index is 0.00633. The molecule has 2 aromatic heterocycles. The summed E-state index contributed by atoms with van der Waals surface area (Å²) in [5.74, 6) is -0.449. The Balaban J connectivity index is 1.42. The monoisotopic (exact) mass is 482 g/mol. The number of anilines is 2. The van der Waals surface area contributed by atoms with Crippen LogP contribution in [0.2, 0.25) is 0 Å². The molecule has 0 fully saturated rings. The third-order valence-electron chi connectivity index (χ3n) is 5.08. The first-order valence-corrected chi connectivity index (χ1v) is 11.8. The molecule has 0 saturated heterocycles. The standard InChI is InChI=1S/C23H30N8O2S/c1-14-19(24)30-20(25)18(29-14)21(33)31-23(26)27-11-3-2-5-15-7-9-16(10-8-15)22-28-13-17(34-22)6-4-12-32/h7-10,13,32H,2-6,11-12H2,1H3,(H4,24,25,30)(H3,26,27,31,33). The molecule has 3 rings (SSSR count). The fraction of sp³-hybridized carbons (Fsp3) is 0.348. The van der Waals surface area contributed by atoms with Crippen molar-refractivity contribution in [2.24, 2.45) is 10.7 Å². The Kier molecular flexibility index (Phi) is 8.88. The summed E-state index contributed by atoms with van der Waals surface area (Å²) < 4.78 is 0. The number of amides is 1. The lowest BCUT2D eigenvalue weighted by atomic mass is 10.1. The number of aliphatic hydroxyl groups is 1. The molecule has 0 aliphatic carbocycles. The van der Waals surface area contributed by atoms with Crippen LogP contribution in [0.25, 0.3) is 10.6 Å². The van der Waals surface area contributed by atoms with Crippen LogP contribution >= 0.6 is 11.3 Å². The highest BCUT2D eigenvalue weighted by Crippen LogP contribution is 2.26. The van der Waals surface area contributed by atoms with Gasteiger partial charge < -0.3 is 22.3 Å². The van der Waals surface area contributed by atoms with Crippen LogP contribution in [-0.4, -0.2) is 45.1 Å².